The van der Waals surface area contributed by atoms with Crippen LogP contribution in [0.5, 0.6) is 0 Å². The smallest absolute Gasteiger partial charge is 0.220 e. The number of tetrazole rings is 1. The van der Waals surface area contributed by atoms with Crippen molar-refractivity contribution in [1.82, 2.24) is 30.4 Å². The summed E-state index contributed by atoms with van der Waals surface area (Å²) in [6.07, 6.45) is 3.63. The molecule has 1 aliphatic heterocycles. The van der Waals surface area contributed by atoms with Crippen LogP contribution in [0.1, 0.15) is 25.7 Å². The lowest BCUT2D eigenvalue weighted by atomic mass is 9.98. The van der Waals surface area contributed by atoms with E-state index in [1.807, 2.05) is 30.3 Å². The average molecular weight is 342 g/mol. The second kappa shape index (κ2) is 8.71. The molecule has 25 heavy (non-hydrogen) atoms. The normalized spacial score (nSPS) is 18.2. The Kier molecular flexibility index (Phi) is 6.11. The summed E-state index contributed by atoms with van der Waals surface area (Å²) in [5.41, 5.74) is 0.948. The number of benzene rings is 1. The molecular weight excluding hydrogens is 316 g/mol. The summed E-state index contributed by atoms with van der Waals surface area (Å²) in [7, 11) is 2.14. The van der Waals surface area contributed by atoms with Gasteiger partial charge in [-0.3, -0.25) is 4.79 Å². The highest BCUT2D eigenvalue weighted by Crippen LogP contribution is 2.14. The first-order valence-corrected chi connectivity index (χ1v) is 8.99. The van der Waals surface area contributed by atoms with Gasteiger partial charge in [0.05, 0.1) is 6.54 Å². The first-order chi connectivity index (χ1) is 12.2. The molecule has 0 radical (unpaired) electrons. The molecule has 0 spiro atoms. The molecule has 1 aromatic carbocycles. The number of rotatable bonds is 7. The number of carbonyl (C=O) groups is 1. The second-order valence-electron chi connectivity index (χ2n) is 6.75. The fraction of sp³-hybridized carbons (Fsp3) is 0.556. The fourth-order valence-corrected chi connectivity index (χ4v) is 3.21. The second-order valence-corrected chi connectivity index (χ2v) is 6.75. The van der Waals surface area contributed by atoms with Crippen molar-refractivity contribution in [3.05, 3.63) is 30.3 Å². The van der Waals surface area contributed by atoms with E-state index in [1.54, 1.807) is 4.80 Å². The standard InChI is InChI=1S/C18H26N6O/c1-23-11-5-7-15(14-23)13-19-17(25)10-6-12-24-21-18(20-22-24)16-8-3-2-4-9-16/h2-4,8-9,15H,5-7,10-14H2,1H3,(H,19,25). The molecule has 1 fully saturated rings. The number of nitrogens with zero attached hydrogens (tertiary/aromatic N) is 5. The Bertz CT molecular complexity index is 671. The summed E-state index contributed by atoms with van der Waals surface area (Å²) < 4.78 is 0. The van der Waals surface area contributed by atoms with Crippen molar-refractivity contribution < 1.29 is 4.79 Å². The zero-order valence-electron chi connectivity index (χ0n) is 14.8. The molecule has 134 valence electrons. The van der Waals surface area contributed by atoms with Crippen LogP contribution in [0.2, 0.25) is 0 Å². The van der Waals surface area contributed by atoms with Crippen molar-refractivity contribution in [3.8, 4) is 11.4 Å². The van der Waals surface area contributed by atoms with Crippen molar-refractivity contribution in [1.29, 1.82) is 0 Å². The number of nitrogens with one attached hydrogen (secondary N) is 1. The molecule has 1 atom stereocenters. The SMILES string of the molecule is CN1CCCC(CNC(=O)CCCn2nnc(-c3ccccc3)n2)C1. The van der Waals surface area contributed by atoms with Crippen molar-refractivity contribution in [2.24, 2.45) is 5.92 Å². The van der Waals surface area contributed by atoms with E-state index in [4.69, 9.17) is 0 Å². The van der Waals surface area contributed by atoms with Gasteiger partial charge in [-0.25, -0.2) is 0 Å². The van der Waals surface area contributed by atoms with Gasteiger partial charge in [-0.15, -0.1) is 10.2 Å². The van der Waals surface area contributed by atoms with E-state index < -0.39 is 0 Å². The summed E-state index contributed by atoms with van der Waals surface area (Å²) in [4.78, 5) is 15.9. The van der Waals surface area contributed by atoms with Crippen LogP contribution in [0.25, 0.3) is 11.4 Å². The van der Waals surface area contributed by atoms with Crippen LogP contribution in [0.4, 0.5) is 0 Å². The largest absolute Gasteiger partial charge is 0.356 e. The van der Waals surface area contributed by atoms with Gasteiger partial charge in [-0.05, 0) is 44.0 Å². The fourth-order valence-electron chi connectivity index (χ4n) is 3.21. The minimum Gasteiger partial charge on any atom is -0.356 e. The Hall–Kier alpha value is -2.28. The van der Waals surface area contributed by atoms with Gasteiger partial charge >= 0.3 is 0 Å². The van der Waals surface area contributed by atoms with Gasteiger partial charge < -0.3 is 10.2 Å². The monoisotopic (exact) mass is 342 g/mol. The minimum absolute atomic E-state index is 0.108. The van der Waals surface area contributed by atoms with E-state index in [0.29, 0.717) is 31.1 Å². The van der Waals surface area contributed by atoms with E-state index in [-0.39, 0.29) is 5.91 Å². The molecule has 1 N–H and O–H groups in total. The number of amides is 1. The van der Waals surface area contributed by atoms with E-state index in [2.05, 4.69) is 32.7 Å². The summed E-state index contributed by atoms with van der Waals surface area (Å²) in [5, 5.41) is 15.5. The zero-order valence-corrected chi connectivity index (χ0v) is 14.8. The maximum Gasteiger partial charge on any atom is 0.220 e. The number of likely N-dealkylation sites (tertiary alicyclic amines) is 1. The molecule has 7 nitrogen and oxygen atoms in total. The minimum atomic E-state index is 0.108. The summed E-state index contributed by atoms with van der Waals surface area (Å²) in [5.74, 6) is 1.30. The first-order valence-electron chi connectivity index (χ1n) is 8.99. The third kappa shape index (κ3) is 5.35. The molecule has 7 heteroatoms. The van der Waals surface area contributed by atoms with Gasteiger partial charge in [0.2, 0.25) is 11.7 Å². The van der Waals surface area contributed by atoms with Gasteiger partial charge in [0.15, 0.2) is 0 Å². The van der Waals surface area contributed by atoms with Crippen LogP contribution >= 0.6 is 0 Å². The summed E-state index contributed by atoms with van der Waals surface area (Å²) in [6, 6.07) is 9.77. The molecular formula is C18H26N6O. The van der Waals surface area contributed by atoms with Crippen molar-refractivity contribution in [3.63, 3.8) is 0 Å². The third-order valence-electron chi connectivity index (χ3n) is 4.56. The van der Waals surface area contributed by atoms with Gasteiger partial charge in [0, 0.05) is 25.1 Å². The number of hydrogen-bond donors (Lipinski definition) is 1. The van der Waals surface area contributed by atoms with E-state index in [0.717, 1.165) is 18.7 Å². The predicted octanol–water partition coefficient (Wildman–Crippen LogP) is 1.58. The van der Waals surface area contributed by atoms with Crippen LogP contribution in [0, 0.1) is 5.92 Å². The van der Waals surface area contributed by atoms with E-state index in [1.165, 1.54) is 19.4 Å². The quantitative estimate of drug-likeness (QED) is 0.827. The summed E-state index contributed by atoms with van der Waals surface area (Å²) >= 11 is 0. The number of hydrogen-bond acceptors (Lipinski definition) is 5. The Morgan fingerprint density at radius 3 is 2.96 bits per heavy atom. The lowest BCUT2D eigenvalue weighted by molar-refractivity contribution is -0.121. The maximum atomic E-state index is 12.0. The zero-order chi connectivity index (χ0) is 17.5. The molecule has 2 heterocycles. The average Bonchev–Trinajstić information content (AvgIpc) is 3.10. The van der Waals surface area contributed by atoms with Gasteiger partial charge in [0.25, 0.3) is 0 Å². The number of carbonyl (C=O) groups excluding carboxylic acids is 1. The predicted molar refractivity (Wildman–Crippen MR) is 95.7 cm³/mol. The molecule has 1 amide bonds. The molecule has 0 bridgehead atoms. The van der Waals surface area contributed by atoms with Crippen molar-refractivity contribution in [2.75, 3.05) is 26.7 Å². The topological polar surface area (TPSA) is 75.9 Å². The van der Waals surface area contributed by atoms with E-state index >= 15 is 0 Å². The molecule has 1 saturated heterocycles. The molecule has 3 rings (SSSR count). The Morgan fingerprint density at radius 1 is 1.32 bits per heavy atom. The highest BCUT2D eigenvalue weighted by atomic mass is 16.1. The molecule has 1 aliphatic rings. The van der Waals surface area contributed by atoms with Gasteiger partial charge in [-0.1, -0.05) is 30.3 Å². The van der Waals surface area contributed by atoms with Gasteiger partial charge in [-0.2, -0.15) is 4.80 Å². The Balaban J connectivity index is 1.36. The Labute approximate surface area is 148 Å². The van der Waals surface area contributed by atoms with Crippen LogP contribution in [0.3, 0.4) is 0 Å². The number of piperidine rings is 1. The molecule has 1 aromatic heterocycles. The van der Waals surface area contributed by atoms with Gasteiger partial charge in [0.1, 0.15) is 0 Å². The number of aryl methyl sites for hydroxylation is 1. The molecule has 0 saturated carbocycles. The van der Waals surface area contributed by atoms with Crippen LogP contribution in [-0.4, -0.2) is 57.7 Å². The lowest BCUT2D eigenvalue weighted by Gasteiger charge is -2.29. The van der Waals surface area contributed by atoms with Crippen molar-refractivity contribution >= 4 is 5.91 Å². The van der Waals surface area contributed by atoms with E-state index in [9.17, 15) is 4.79 Å². The highest BCUT2D eigenvalue weighted by Gasteiger charge is 2.17. The highest BCUT2D eigenvalue weighted by molar-refractivity contribution is 5.75. The van der Waals surface area contributed by atoms with Crippen LogP contribution in [-0.2, 0) is 11.3 Å². The first kappa shape index (κ1) is 17.5. The van der Waals surface area contributed by atoms with Crippen LogP contribution < -0.4 is 5.32 Å². The molecule has 1 unspecified atom stereocenters. The Morgan fingerprint density at radius 2 is 2.16 bits per heavy atom. The lowest BCUT2D eigenvalue weighted by Crippen LogP contribution is -2.39. The molecule has 2 aromatic rings. The third-order valence-corrected chi connectivity index (χ3v) is 4.56. The van der Waals surface area contributed by atoms with Crippen LogP contribution in [0.15, 0.2) is 30.3 Å². The molecule has 0 aliphatic carbocycles. The maximum absolute atomic E-state index is 12.0. The summed E-state index contributed by atoms with van der Waals surface area (Å²) in [6.45, 7) is 3.62. The number of aromatic nitrogens is 4. The van der Waals surface area contributed by atoms with Crippen molar-refractivity contribution in [2.45, 2.75) is 32.2 Å².